The first-order valence-electron chi connectivity index (χ1n) is 5.09. The van der Waals surface area contributed by atoms with Gasteiger partial charge in [0.1, 0.15) is 0 Å². The van der Waals surface area contributed by atoms with Gasteiger partial charge in [0.05, 0.1) is 13.2 Å². The Morgan fingerprint density at radius 2 is 1.87 bits per heavy atom. The Bertz CT molecular complexity index is 180. The van der Waals surface area contributed by atoms with E-state index in [4.69, 9.17) is 10.2 Å². The van der Waals surface area contributed by atoms with Crippen molar-refractivity contribution in [1.82, 2.24) is 10.2 Å². The zero-order chi connectivity index (χ0) is 11.5. The van der Waals surface area contributed by atoms with Crippen LogP contribution in [0.3, 0.4) is 0 Å². The van der Waals surface area contributed by atoms with Crippen LogP contribution in [-0.4, -0.2) is 60.4 Å². The molecule has 0 radical (unpaired) electrons. The van der Waals surface area contributed by atoms with E-state index in [-0.39, 0.29) is 19.1 Å². The fraction of sp³-hybridized carbons (Fsp3) is 0.700. The molecule has 0 aromatic heterocycles. The number of nitrogens with one attached hydrogen (secondary N) is 1. The Kier molecular flexibility index (Phi) is 9.05. The van der Waals surface area contributed by atoms with Crippen molar-refractivity contribution in [2.24, 2.45) is 0 Å². The molecule has 0 aromatic rings. The molecule has 0 aliphatic carbocycles. The number of aliphatic hydroxyl groups excluding tert-OH is 2. The molecule has 0 rings (SSSR count). The van der Waals surface area contributed by atoms with E-state index in [0.717, 1.165) is 13.0 Å². The highest BCUT2D eigenvalue weighted by Crippen LogP contribution is 1.89. The Hall–Kier alpha value is -0.910. The van der Waals surface area contributed by atoms with E-state index >= 15 is 0 Å². The van der Waals surface area contributed by atoms with Crippen LogP contribution in [0.5, 0.6) is 0 Å². The summed E-state index contributed by atoms with van der Waals surface area (Å²) >= 11 is 0. The van der Waals surface area contributed by atoms with E-state index in [1.807, 2.05) is 4.90 Å². The maximum Gasteiger partial charge on any atom is 0.243 e. The van der Waals surface area contributed by atoms with Crippen molar-refractivity contribution >= 4 is 5.91 Å². The van der Waals surface area contributed by atoms with Gasteiger partial charge in [-0.05, 0) is 19.0 Å². The van der Waals surface area contributed by atoms with Crippen molar-refractivity contribution < 1.29 is 15.0 Å². The first-order chi connectivity index (χ1) is 7.24. The summed E-state index contributed by atoms with van der Waals surface area (Å²) in [6, 6.07) is 0. The fourth-order valence-corrected chi connectivity index (χ4v) is 1.20. The average Bonchev–Trinajstić information content (AvgIpc) is 2.24. The lowest BCUT2D eigenvalue weighted by molar-refractivity contribution is -0.116. The molecule has 1 amide bonds. The summed E-state index contributed by atoms with van der Waals surface area (Å²) in [6.07, 6.45) is 2.03. The van der Waals surface area contributed by atoms with Crippen molar-refractivity contribution in [1.29, 1.82) is 0 Å². The number of nitrogens with zero attached hydrogens (tertiary/aromatic N) is 1. The summed E-state index contributed by atoms with van der Waals surface area (Å²) < 4.78 is 0. The maximum atomic E-state index is 10.8. The molecule has 0 unspecified atom stereocenters. The van der Waals surface area contributed by atoms with Crippen LogP contribution in [0.15, 0.2) is 12.7 Å². The smallest absolute Gasteiger partial charge is 0.243 e. The Morgan fingerprint density at radius 1 is 1.27 bits per heavy atom. The summed E-state index contributed by atoms with van der Waals surface area (Å²) in [5, 5.41) is 20.1. The van der Waals surface area contributed by atoms with E-state index in [9.17, 15) is 4.79 Å². The molecule has 0 aliphatic rings. The molecule has 0 saturated carbocycles. The summed E-state index contributed by atoms with van der Waals surface area (Å²) in [6.45, 7) is 5.94. The molecule has 15 heavy (non-hydrogen) atoms. The van der Waals surface area contributed by atoms with Gasteiger partial charge in [-0.25, -0.2) is 0 Å². The zero-order valence-electron chi connectivity index (χ0n) is 8.98. The van der Waals surface area contributed by atoms with Crippen molar-refractivity contribution in [2.45, 2.75) is 6.42 Å². The summed E-state index contributed by atoms with van der Waals surface area (Å²) in [4.78, 5) is 12.7. The van der Waals surface area contributed by atoms with Crippen molar-refractivity contribution in [3.63, 3.8) is 0 Å². The van der Waals surface area contributed by atoms with Gasteiger partial charge in [0.15, 0.2) is 0 Å². The number of amides is 1. The third-order valence-electron chi connectivity index (χ3n) is 1.97. The first kappa shape index (κ1) is 14.1. The summed E-state index contributed by atoms with van der Waals surface area (Å²) in [5.41, 5.74) is 0. The van der Waals surface area contributed by atoms with E-state index in [2.05, 4.69) is 11.9 Å². The summed E-state index contributed by atoms with van der Waals surface area (Å²) in [7, 11) is 0. The minimum atomic E-state index is -0.175. The molecule has 0 aliphatic heterocycles. The third kappa shape index (κ3) is 8.11. The Morgan fingerprint density at radius 3 is 2.33 bits per heavy atom. The van der Waals surface area contributed by atoms with Gasteiger partial charge >= 0.3 is 0 Å². The highest BCUT2D eigenvalue weighted by molar-refractivity contribution is 5.86. The predicted molar refractivity (Wildman–Crippen MR) is 58.4 cm³/mol. The van der Waals surface area contributed by atoms with Gasteiger partial charge < -0.3 is 15.5 Å². The SMILES string of the molecule is C=CC(=O)NCCCN(CCO)CCO. The third-order valence-corrected chi connectivity index (χ3v) is 1.97. The van der Waals surface area contributed by atoms with Crippen LogP contribution in [0, 0.1) is 0 Å². The minimum absolute atomic E-state index is 0.0824. The average molecular weight is 216 g/mol. The quantitative estimate of drug-likeness (QED) is 0.340. The minimum Gasteiger partial charge on any atom is -0.395 e. The normalized spacial score (nSPS) is 10.3. The number of carbonyl (C=O) groups is 1. The number of rotatable bonds is 9. The second-order valence-electron chi connectivity index (χ2n) is 3.14. The van der Waals surface area contributed by atoms with Gasteiger partial charge in [0.25, 0.3) is 0 Å². The molecule has 0 fully saturated rings. The molecular weight excluding hydrogens is 196 g/mol. The fourth-order valence-electron chi connectivity index (χ4n) is 1.20. The molecule has 0 heterocycles. The monoisotopic (exact) mass is 216 g/mol. The van der Waals surface area contributed by atoms with Gasteiger partial charge in [-0.15, -0.1) is 0 Å². The Labute approximate surface area is 90.4 Å². The van der Waals surface area contributed by atoms with Gasteiger partial charge in [-0.2, -0.15) is 0 Å². The second-order valence-corrected chi connectivity index (χ2v) is 3.14. The van der Waals surface area contributed by atoms with E-state index in [1.54, 1.807) is 0 Å². The maximum absolute atomic E-state index is 10.8. The largest absolute Gasteiger partial charge is 0.395 e. The van der Waals surface area contributed by atoms with Gasteiger partial charge in [-0.3, -0.25) is 9.69 Å². The topological polar surface area (TPSA) is 72.8 Å². The van der Waals surface area contributed by atoms with E-state index < -0.39 is 0 Å². The van der Waals surface area contributed by atoms with Crippen LogP contribution in [0.2, 0.25) is 0 Å². The molecule has 0 bridgehead atoms. The van der Waals surface area contributed by atoms with Gasteiger partial charge in [-0.1, -0.05) is 6.58 Å². The molecule has 3 N–H and O–H groups in total. The van der Waals surface area contributed by atoms with Crippen molar-refractivity contribution in [2.75, 3.05) is 39.4 Å². The molecule has 0 aromatic carbocycles. The van der Waals surface area contributed by atoms with Gasteiger partial charge in [0.2, 0.25) is 5.91 Å². The van der Waals surface area contributed by atoms with Gasteiger partial charge in [0, 0.05) is 19.6 Å². The standard InChI is InChI=1S/C10H20N2O3/c1-2-10(15)11-4-3-5-12(6-8-13)7-9-14/h2,13-14H,1,3-9H2,(H,11,15). The Balaban J connectivity index is 3.52. The number of carbonyl (C=O) groups excluding carboxylic acids is 1. The van der Waals surface area contributed by atoms with Crippen molar-refractivity contribution in [3.05, 3.63) is 12.7 Å². The highest BCUT2D eigenvalue weighted by atomic mass is 16.3. The highest BCUT2D eigenvalue weighted by Gasteiger charge is 2.02. The van der Waals surface area contributed by atoms with Crippen LogP contribution in [0.1, 0.15) is 6.42 Å². The van der Waals surface area contributed by atoms with Crippen LogP contribution < -0.4 is 5.32 Å². The van der Waals surface area contributed by atoms with Crippen LogP contribution in [-0.2, 0) is 4.79 Å². The molecule has 0 atom stereocenters. The van der Waals surface area contributed by atoms with Crippen LogP contribution in [0.4, 0.5) is 0 Å². The second kappa shape index (κ2) is 9.64. The lowest BCUT2D eigenvalue weighted by atomic mass is 10.3. The lowest BCUT2D eigenvalue weighted by Crippen LogP contribution is -2.33. The number of aliphatic hydroxyl groups is 2. The molecule has 0 saturated heterocycles. The number of hydrogen-bond acceptors (Lipinski definition) is 4. The molecule has 5 heteroatoms. The molecule has 0 spiro atoms. The van der Waals surface area contributed by atoms with Crippen LogP contribution >= 0.6 is 0 Å². The molecule has 88 valence electrons. The van der Waals surface area contributed by atoms with E-state index in [0.29, 0.717) is 19.6 Å². The van der Waals surface area contributed by atoms with Crippen LogP contribution in [0.25, 0.3) is 0 Å². The molecular formula is C10H20N2O3. The first-order valence-corrected chi connectivity index (χ1v) is 5.09. The lowest BCUT2D eigenvalue weighted by Gasteiger charge is -2.19. The predicted octanol–water partition coefficient (Wildman–Crippen LogP) is -1.03. The number of hydrogen-bond donors (Lipinski definition) is 3. The molecule has 5 nitrogen and oxygen atoms in total. The summed E-state index contributed by atoms with van der Waals surface area (Å²) in [5.74, 6) is -0.175. The van der Waals surface area contributed by atoms with Crippen molar-refractivity contribution in [3.8, 4) is 0 Å². The zero-order valence-corrected chi connectivity index (χ0v) is 8.98. The van der Waals surface area contributed by atoms with E-state index in [1.165, 1.54) is 6.08 Å².